The Labute approximate surface area is 197 Å². The maximum Gasteiger partial charge on any atom is 0.273 e. The van der Waals surface area contributed by atoms with E-state index in [2.05, 4.69) is 15.3 Å². The van der Waals surface area contributed by atoms with Crippen LogP contribution in [0.2, 0.25) is 0 Å². The van der Waals surface area contributed by atoms with E-state index in [1.807, 2.05) is 43.3 Å². The molecular formula is C25H27N5O4. The number of aromatic nitrogens is 2. The highest BCUT2D eigenvalue weighted by Crippen LogP contribution is 2.32. The van der Waals surface area contributed by atoms with Crippen molar-refractivity contribution in [1.29, 1.82) is 0 Å². The van der Waals surface area contributed by atoms with Gasteiger partial charge in [-0.3, -0.25) is 9.59 Å². The number of ether oxygens (including phenoxy) is 2. The maximum absolute atomic E-state index is 13.0. The SMILES string of the molecule is CCC1CC(=O)N(Cc2ccccc2NC(=O)c2cnc[nH]2)N=C1c1ccc(OC)c(OC)c1. The van der Waals surface area contributed by atoms with E-state index < -0.39 is 0 Å². The van der Waals surface area contributed by atoms with Crippen molar-refractivity contribution in [3.05, 3.63) is 71.8 Å². The molecule has 2 amide bonds. The molecule has 1 aliphatic heterocycles. The summed E-state index contributed by atoms with van der Waals surface area (Å²) >= 11 is 0. The lowest BCUT2D eigenvalue weighted by atomic mass is 9.89. The number of H-pyrrole nitrogens is 1. The van der Waals surface area contributed by atoms with Gasteiger partial charge in [0.25, 0.3) is 5.91 Å². The molecule has 0 spiro atoms. The van der Waals surface area contributed by atoms with E-state index in [4.69, 9.17) is 14.6 Å². The number of methoxy groups -OCH3 is 2. The van der Waals surface area contributed by atoms with Gasteiger partial charge in [0.05, 0.1) is 39.0 Å². The van der Waals surface area contributed by atoms with Gasteiger partial charge in [0.2, 0.25) is 5.91 Å². The van der Waals surface area contributed by atoms with E-state index >= 15 is 0 Å². The topological polar surface area (TPSA) is 109 Å². The molecule has 3 aromatic rings. The van der Waals surface area contributed by atoms with Crippen LogP contribution in [0.1, 0.15) is 41.4 Å². The fraction of sp³-hybridized carbons (Fsp3) is 0.280. The standard InChI is InChI=1S/C25H27N5O4/c1-4-16-12-23(31)30(29-24(16)17-9-10-21(33-2)22(11-17)34-3)14-18-7-5-6-8-19(18)28-25(32)20-13-26-15-27-20/h5-11,13,15-16H,4,12,14H2,1-3H3,(H,26,27)(H,28,32). The molecule has 1 aliphatic rings. The number of para-hydroxylation sites is 1. The number of aromatic amines is 1. The normalized spacial score (nSPS) is 15.6. The third-order valence-electron chi connectivity index (χ3n) is 5.82. The first-order chi connectivity index (χ1) is 16.5. The first kappa shape index (κ1) is 23.0. The van der Waals surface area contributed by atoms with Crippen LogP contribution in [0.15, 0.2) is 60.1 Å². The van der Waals surface area contributed by atoms with Gasteiger partial charge in [-0.15, -0.1) is 0 Å². The molecule has 176 valence electrons. The van der Waals surface area contributed by atoms with Gasteiger partial charge >= 0.3 is 0 Å². The Bertz CT molecular complexity index is 1210. The second-order valence-corrected chi connectivity index (χ2v) is 7.89. The Morgan fingerprint density at radius 1 is 1.18 bits per heavy atom. The van der Waals surface area contributed by atoms with Crippen LogP contribution in [0.4, 0.5) is 5.69 Å². The Balaban J connectivity index is 1.63. The average Bonchev–Trinajstić information content (AvgIpc) is 3.41. The molecule has 0 aliphatic carbocycles. The predicted octanol–water partition coefficient (Wildman–Crippen LogP) is 3.84. The summed E-state index contributed by atoms with van der Waals surface area (Å²) in [5, 5.41) is 9.11. The molecule has 1 unspecified atom stereocenters. The monoisotopic (exact) mass is 461 g/mol. The van der Waals surface area contributed by atoms with Crippen molar-refractivity contribution in [3.8, 4) is 11.5 Å². The molecule has 9 heteroatoms. The van der Waals surface area contributed by atoms with E-state index in [9.17, 15) is 9.59 Å². The molecule has 9 nitrogen and oxygen atoms in total. The van der Waals surface area contributed by atoms with Crippen molar-refractivity contribution in [2.24, 2.45) is 11.0 Å². The number of carbonyl (C=O) groups excluding carboxylic acids is 2. The number of anilines is 1. The molecule has 1 atom stereocenters. The first-order valence-corrected chi connectivity index (χ1v) is 11.0. The van der Waals surface area contributed by atoms with Gasteiger partial charge in [0.15, 0.2) is 11.5 Å². The van der Waals surface area contributed by atoms with Gasteiger partial charge in [-0.25, -0.2) is 9.99 Å². The molecule has 0 saturated carbocycles. The minimum absolute atomic E-state index is 0.00262. The minimum Gasteiger partial charge on any atom is -0.493 e. The molecule has 0 bridgehead atoms. The third-order valence-corrected chi connectivity index (χ3v) is 5.82. The van der Waals surface area contributed by atoms with E-state index in [1.165, 1.54) is 17.5 Å². The van der Waals surface area contributed by atoms with Gasteiger partial charge < -0.3 is 19.8 Å². The number of carbonyl (C=O) groups is 2. The molecular weight excluding hydrogens is 434 g/mol. The summed E-state index contributed by atoms with van der Waals surface area (Å²) in [5.41, 5.74) is 3.43. The van der Waals surface area contributed by atoms with Crippen molar-refractivity contribution >= 4 is 23.2 Å². The van der Waals surface area contributed by atoms with Crippen molar-refractivity contribution in [3.63, 3.8) is 0 Å². The van der Waals surface area contributed by atoms with Crippen molar-refractivity contribution in [2.45, 2.75) is 26.3 Å². The molecule has 2 heterocycles. The Hall–Kier alpha value is -4.14. The second-order valence-electron chi connectivity index (χ2n) is 7.89. The van der Waals surface area contributed by atoms with Crippen LogP contribution in [0.5, 0.6) is 11.5 Å². The smallest absolute Gasteiger partial charge is 0.273 e. The number of rotatable bonds is 8. The first-order valence-electron chi connectivity index (χ1n) is 11.0. The number of hydrogen-bond acceptors (Lipinski definition) is 6. The van der Waals surface area contributed by atoms with E-state index in [0.717, 1.165) is 23.3 Å². The summed E-state index contributed by atoms with van der Waals surface area (Å²) in [6.45, 7) is 2.27. The molecule has 2 N–H and O–H groups in total. The molecule has 1 aromatic heterocycles. The van der Waals surface area contributed by atoms with E-state index in [-0.39, 0.29) is 24.3 Å². The lowest BCUT2D eigenvalue weighted by molar-refractivity contribution is -0.133. The van der Waals surface area contributed by atoms with E-state index in [0.29, 0.717) is 29.3 Å². The summed E-state index contributed by atoms with van der Waals surface area (Å²) < 4.78 is 10.8. The fourth-order valence-corrected chi connectivity index (χ4v) is 3.94. The minimum atomic E-state index is -0.310. The zero-order valence-electron chi connectivity index (χ0n) is 19.4. The van der Waals surface area contributed by atoms with E-state index in [1.54, 1.807) is 20.3 Å². The lowest BCUT2D eigenvalue weighted by Gasteiger charge is -2.30. The molecule has 4 rings (SSSR count). The molecule has 0 fully saturated rings. The number of imidazole rings is 1. The average molecular weight is 462 g/mol. The van der Waals surface area contributed by atoms with Gasteiger partial charge in [-0.2, -0.15) is 5.10 Å². The molecule has 0 saturated heterocycles. The maximum atomic E-state index is 13.0. The van der Waals surface area contributed by atoms with Crippen LogP contribution < -0.4 is 14.8 Å². The lowest BCUT2D eigenvalue weighted by Crippen LogP contribution is -2.37. The Morgan fingerprint density at radius 3 is 2.68 bits per heavy atom. The Kier molecular flexibility index (Phi) is 6.91. The van der Waals surface area contributed by atoms with Crippen LogP contribution in [0.3, 0.4) is 0 Å². The van der Waals surface area contributed by atoms with Crippen molar-refractivity contribution in [1.82, 2.24) is 15.0 Å². The summed E-state index contributed by atoms with van der Waals surface area (Å²) in [6.07, 6.45) is 4.04. The van der Waals surface area contributed by atoms with Gasteiger partial charge in [-0.1, -0.05) is 25.1 Å². The number of hydrazone groups is 1. The zero-order chi connectivity index (χ0) is 24.1. The highest BCUT2D eigenvalue weighted by molar-refractivity contribution is 6.06. The molecule has 2 aromatic carbocycles. The molecule has 34 heavy (non-hydrogen) atoms. The number of nitrogens with zero attached hydrogens (tertiary/aromatic N) is 3. The Morgan fingerprint density at radius 2 is 1.97 bits per heavy atom. The molecule has 0 radical (unpaired) electrons. The third kappa shape index (κ3) is 4.78. The van der Waals surface area contributed by atoms with Gasteiger partial charge in [0.1, 0.15) is 5.69 Å². The largest absolute Gasteiger partial charge is 0.493 e. The number of benzene rings is 2. The zero-order valence-corrected chi connectivity index (χ0v) is 19.4. The summed E-state index contributed by atoms with van der Waals surface area (Å²) in [4.78, 5) is 32.1. The van der Waals surface area contributed by atoms with Crippen LogP contribution >= 0.6 is 0 Å². The number of nitrogens with one attached hydrogen (secondary N) is 2. The number of hydrogen-bond donors (Lipinski definition) is 2. The van der Waals surface area contributed by atoms with Crippen LogP contribution in [-0.4, -0.2) is 46.7 Å². The highest BCUT2D eigenvalue weighted by atomic mass is 16.5. The van der Waals surface area contributed by atoms with Crippen molar-refractivity contribution < 1.29 is 19.1 Å². The van der Waals surface area contributed by atoms with Crippen molar-refractivity contribution in [2.75, 3.05) is 19.5 Å². The summed E-state index contributed by atoms with van der Waals surface area (Å²) in [5.74, 6) is 0.858. The van der Waals surface area contributed by atoms with Crippen LogP contribution in [-0.2, 0) is 11.3 Å². The van der Waals surface area contributed by atoms with Gasteiger partial charge in [-0.05, 0) is 36.2 Å². The highest BCUT2D eigenvalue weighted by Gasteiger charge is 2.30. The number of amides is 2. The fourth-order valence-electron chi connectivity index (χ4n) is 3.94. The summed E-state index contributed by atoms with van der Waals surface area (Å²) in [7, 11) is 3.18. The quantitative estimate of drug-likeness (QED) is 0.530. The van der Waals surface area contributed by atoms with Gasteiger partial charge in [0, 0.05) is 23.6 Å². The van der Waals surface area contributed by atoms with Crippen LogP contribution in [0.25, 0.3) is 0 Å². The second kappa shape index (κ2) is 10.2. The van der Waals surface area contributed by atoms with Crippen LogP contribution in [0, 0.1) is 5.92 Å². The predicted molar refractivity (Wildman–Crippen MR) is 128 cm³/mol. The summed E-state index contributed by atoms with van der Waals surface area (Å²) in [6, 6.07) is 13.0.